The minimum Gasteiger partial charge on any atom is -0.422 e. The van der Waals surface area contributed by atoms with Gasteiger partial charge in [-0.05, 0) is 24.1 Å². The molecule has 0 saturated heterocycles. The predicted octanol–water partition coefficient (Wildman–Crippen LogP) is 2.99. The van der Waals surface area contributed by atoms with E-state index in [4.69, 9.17) is 4.42 Å². The summed E-state index contributed by atoms with van der Waals surface area (Å²) in [5.41, 5.74) is 0.672. The van der Waals surface area contributed by atoms with Crippen LogP contribution in [0.1, 0.15) is 28.4 Å². The summed E-state index contributed by atoms with van der Waals surface area (Å²) < 4.78 is 5.26. The average Bonchev–Trinajstić information content (AvgIpc) is 2.65. The van der Waals surface area contributed by atoms with Gasteiger partial charge in [-0.1, -0.05) is 48.5 Å². The second-order valence-corrected chi connectivity index (χ2v) is 5.84. The van der Waals surface area contributed by atoms with Gasteiger partial charge in [0.1, 0.15) is 11.1 Å². The Bertz CT molecular complexity index is 933. The van der Waals surface area contributed by atoms with Crippen LogP contribution in [0.4, 0.5) is 0 Å². The van der Waals surface area contributed by atoms with Gasteiger partial charge in [-0.15, -0.1) is 0 Å². The van der Waals surface area contributed by atoms with Gasteiger partial charge in [-0.2, -0.15) is 0 Å². The third-order valence-electron chi connectivity index (χ3n) is 4.25. The molecule has 0 saturated carbocycles. The zero-order valence-corrected chi connectivity index (χ0v) is 13.9. The number of aliphatic hydroxyl groups is 1. The number of aliphatic hydroxyl groups excluding tert-OH is 1. The number of benzene rings is 2. The molecule has 1 amide bonds. The summed E-state index contributed by atoms with van der Waals surface area (Å²) in [6.45, 7) is -0.0660. The Kier molecular flexibility index (Phi) is 4.95. The summed E-state index contributed by atoms with van der Waals surface area (Å²) in [5.74, 6) is -0.429. The second-order valence-electron chi connectivity index (χ2n) is 5.84. The van der Waals surface area contributed by atoms with Gasteiger partial charge < -0.3 is 14.4 Å². The lowest BCUT2D eigenvalue weighted by atomic mass is 10.0. The Hall–Kier alpha value is -2.92. The van der Waals surface area contributed by atoms with Crippen molar-refractivity contribution in [1.29, 1.82) is 0 Å². The molecule has 1 unspecified atom stereocenters. The number of para-hydroxylation sites is 1. The summed E-state index contributed by atoms with van der Waals surface area (Å²) in [5, 5.41) is 10.1. The molecular weight excluding hydrogens is 318 g/mol. The van der Waals surface area contributed by atoms with Crippen LogP contribution in [-0.2, 0) is 0 Å². The van der Waals surface area contributed by atoms with Crippen LogP contribution in [0, 0.1) is 0 Å². The molecule has 0 aliphatic heterocycles. The zero-order chi connectivity index (χ0) is 17.8. The molecule has 0 fully saturated rings. The molecular formula is C20H19NO4. The van der Waals surface area contributed by atoms with Gasteiger partial charge in [0.05, 0.1) is 6.04 Å². The van der Waals surface area contributed by atoms with E-state index in [0.29, 0.717) is 17.4 Å². The number of amides is 1. The van der Waals surface area contributed by atoms with Crippen LogP contribution in [0.15, 0.2) is 69.9 Å². The van der Waals surface area contributed by atoms with Crippen molar-refractivity contribution < 1.29 is 14.3 Å². The fraction of sp³-hybridized carbons (Fsp3) is 0.200. The molecule has 3 rings (SSSR count). The van der Waals surface area contributed by atoms with Crippen LogP contribution < -0.4 is 5.63 Å². The number of rotatable bonds is 5. The number of carbonyl (C=O) groups excluding carboxylic acids is 1. The molecule has 128 valence electrons. The van der Waals surface area contributed by atoms with Gasteiger partial charge in [-0.25, -0.2) is 4.79 Å². The molecule has 0 bridgehead atoms. The quantitative estimate of drug-likeness (QED) is 0.727. The lowest BCUT2D eigenvalue weighted by molar-refractivity contribution is 0.0701. The Morgan fingerprint density at radius 2 is 1.80 bits per heavy atom. The van der Waals surface area contributed by atoms with E-state index in [9.17, 15) is 14.7 Å². The van der Waals surface area contributed by atoms with E-state index >= 15 is 0 Å². The Labute approximate surface area is 145 Å². The van der Waals surface area contributed by atoms with Crippen molar-refractivity contribution in [1.82, 2.24) is 4.90 Å². The summed E-state index contributed by atoms with van der Waals surface area (Å²) in [6, 6.07) is 17.7. The van der Waals surface area contributed by atoms with E-state index in [2.05, 4.69) is 0 Å². The molecule has 2 aromatic carbocycles. The highest BCUT2D eigenvalue weighted by Crippen LogP contribution is 2.24. The minimum absolute atomic E-state index is 0.0138. The maximum Gasteiger partial charge on any atom is 0.349 e. The third-order valence-corrected chi connectivity index (χ3v) is 4.25. The number of hydrogen-bond donors (Lipinski definition) is 1. The van der Waals surface area contributed by atoms with Crippen LogP contribution in [0.2, 0.25) is 0 Å². The first-order chi connectivity index (χ1) is 12.1. The maximum absolute atomic E-state index is 12.9. The van der Waals surface area contributed by atoms with Crippen molar-refractivity contribution in [3.05, 3.63) is 82.2 Å². The molecule has 1 atom stereocenters. The van der Waals surface area contributed by atoms with Gasteiger partial charge >= 0.3 is 5.63 Å². The van der Waals surface area contributed by atoms with E-state index < -0.39 is 11.5 Å². The SMILES string of the molecule is CN(C(=O)c1cc2ccccc2oc1=O)C(CCO)c1ccccc1. The molecule has 0 radical (unpaired) electrons. The summed E-state index contributed by atoms with van der Waals surface area (Å²) >= 11 is 0. The summed E-state index contributed by atoms with van der Waals surface area (Å²) in [4.78, 5) is 26.6. The lowest BCUT2D eigenvalue weighted by Crippen LogP contribution is -2.34. The highest BCUT2D eigenvalue weighted by atomic mass is 16.4. The minimum atomic E-state index is -0.661. The number of fused-ring (bicyclic) bond motifs is 1. The Morgan fingerprint density at radius 1 is 1.12 bits per heavy atom. The fourth-order valence-electron chi connectivity index (χ4n) is 2.92. The Morgan fingerprint density at radius 3 is 2.52 bits per heavy atom. The van der Waals surface area contributed by atoms with E-state index in [1.807, 2.05) is 36.4 Å². The number of hydrogen-bond acceptors (Lipinski definition) is 4. The highest BCUT2D eigenvalue weighted by Gasteiger charge is 2.25. The van der Waals surface area contributed by atoms with Crippen LogP contribution in [-0.4, -0.2) is 29.6 Å². The molecule has 0 spiro atoms. The van der Waals surface area contributed by atoms with Crippen molar-refractivity contribution in [2.45, 2.75) is 12.5 Å². The molecule has 0 aliphatic carbocycles. The molecule has 5 nitrogen and oxygen atoms in total. The smallest absolute Gasteiger partial charge is 0.349 e. The monoisotopic (exact) mass is 337 g/mol. The lowest BCUT2D eigenvalue weighted by Gasteiger charge is -2.28. The molecule has 1 aromatic heterocycles. The zero-order valence-electron chi connectivity index (χ0n) is 13.9. The third kappa shape index (κ3) is 3.46. The molecule has 5 heteroatoms. The fourth-order valence-corrected chi connectivity index (χ4v) is 2.92. The van der Waals surface area contributed by atoms with E-state index in [-0.39, 0.29) is 18.2 Å². The van der Waals surface area contributed by atoms with Gasteiger partial charge in [-0.3, -0.25) is 4.79 Å². The standard InChI is InChI=1S/C20H19NO4/c1-21(17(11-12-22)14-7-3-2-4-8-14)19(23)16-13-15-9-5-6-10-18(15)25-20(16)24/h2-10,13,17,22H,11-12H2,1H3. The normalized spacial score (nSPS) is 12.1. The van der Waals surface area contributed by atoms with E-state index in [1.54, 1.807) is 31.3 Å². The van der Waals surface area contributed by atoms with Gasteiger partial charge in [0.2, 0.25) is 0 Å². The molecule has 3 aromatic rings. The average molecular weight is 337 g/mol. The summed E-state index contributed by atoms with van der Waals surface area (Å²) in [6.07, 6.45) is 0.380. The van der Waals surface area contributed by atoms with Crippen molar-refractivity contribution in [2.24, 2.45) is 0 Å². The van der Waals surface area contributed by atoms with E-state index in [1.165, 1.54) is 4.90 Å². The molecule has 1 N–H and O–H groups in total. The number of nitrogens with zero attached hydrogens (tertiary/aromatic N) is 1. The number of carbonyl (C=O) groups is 1. The van der Waals surface area contributed by atoms with Crippen molar-refractivity contribution in [3.8, 4) is 0 Å². The first kappa shape index (κ1) is 16.9. The van der Waals surface area contributed by atoms with Crippen LogP contribution >= 0.6 is 0 Å². The van der Waals surface area contributed by atoms with Gasteiger partial charge in [0.15, 0.2) is 0 Å². The second kappa shape index (κ2) is 7.32. The van der Waals surface area contributed by atoms with Crippen molar-refractivity contribution >= 4 is 16.9 Å². The predicted molar refractivity (Wildman–Crippen MR) is 95.5 cm³/mol. The van der Waals surface area contributed by atoms with Crippen molar-refractivity contribution in [3.63, 3.8) is 0 Å². The molecule has 0 aliphatic rings. The van der Waals surface area contributed by atoms with Crippen LogP contribution in [0.3, 0.4) is 0 Å². The molecule has 1 heterocycles. The summed E-state index contributed by atoms with van der Waals surface area (Å²) in [7, 11) is 1.63. The molecule has 25 heavy (non-hydrogen) atoms. The van der Waals surface area contributed by atoms with Gasteiger partial charge in [0, 0.05) is 19.0 Å². The first-order valence-electron chi connectivity index (χ1n) is 8.07. The first-order valence-corrected chi connectivity index (χ1v) is 8.07. The van der Waals surface area contributed by atoms with Crippen LogP contribution in [0.25, 0.3) is 11.0 Å². The van der Waals surface area contributed by atoms with Crippen LogP contribution in [0.5, 0.6) is 0 Å². The topological polar surface area (TPSA) is 70.8 Å². The largest absolute Gasteiger partial charge is 0.422 e. The Balaban J connectivity index is 1.98. The highest BCUT2D eigenvalue weighted by molar-refractivity contribution is 5.96. The van der Waals surface area contributed by atoms with Gasteiger partial charge in [0.25, 0.3) is 5.91 Å². The maximum atomic E-state index is 12.9. The van der Waals surface area contributed by atoms with E-state index in [0.717, 1.165) is 5.56 Å². The van der Waals surface area contributed by atoms with Crippen molar-refractivity contribution in [2.75, 3.05) is 13.7 Å².